The van der Waals surface area contributed by atoms with Crippen LogP contribution < -0.4 is 0 Å². The number of ether oxygens (including phenoxy) is 1. The summed E-state index contributed by atoms with van der Waals surface area (Å²) >= 11 is 0. The first kappa shape index (κ1) is 14.3. The number of hydrogen-bond donors (Lipinski definition) is 1. The Bertz CT molecular complexity index is 237. The second-order valence-electron chi connectivity index (χ2n) is 6.58. The van der Waals surface area contributed by atoms with E-state index in [1.165, 1.54) is 38.5 Å². The Morgan fingerprint density at radius 1 is 1.17 bits per heavy atom. The van der Waals surface area contributed by atoms with E-state index in [-0.39, 0.29) is 11.7 Å². The highest BCUT2D eigenvalue weighted by Crippen LogP contribution is 2.40. The highest BCUT2D eigenvalue weighted by atomic mass is 16.5. The van der Waals surface area contributed by atoms with E-state index in [9.17, 15) is 5.11 Å². The first-order valence-corrected chi connectivity index (χ1v) is 7.98. The smallest absolute Gasteiger partial charge is 0.0940 e. The summed E-state index contributed by atoms with van der Waals surface area (Å²) in [5, 5.41) is 10.7. The summed E-state index contributed by atoms with van der Waals surface area (Å²) in [6, 6.07) is 0. The van der Waals surface area contributed by atoms with E-state index >= 15 is 0 Å². The van der Waals surface area contributed by atoms with Crippen LogP contribution in [0.25, 0.3) is 0 Å². The van der Waals surface area contributed by atoms with E-state index in [1.807, 2.05) is 0 Å². The molecule has 0 radical (unpaired) electrons. The molecular weight excluding hydrogens is 224 g/mol. The van der Waals surface area contributed by atoms with E-state index in [1.54, 1.807) is 0 Å². The second kappa shape index (κ2) is 6.38. The van der Waals surface area contributed by atoms with Gasteiger partial charge in [0.25, 0.3) is 0 Å². The van der Waals surface area contributed by atoms with Gasteiger partial charge < -0.3 is 9.84 Å². The Kier molecular flexibility index (Phi) is 5.08. The van der Waals surface area contributed by atoms with E-state index in [2.05, 4.69) is 13.8 Å². The normalized spacial score (nSPS) is 35.8. The van der Waals surface area contributed by atoms with Crippen molar-refractivity contribution < 1.29 is 9.84 Å². The predicted octanol–water partition coefficient (Wildman–Crippen LogP) is 3.91. The summed E-state index contributed by atoms with van der Waals surface area (Å²) < 4.78 is 6.04. The maximum atomic E-state index is 10.7. The van der Waals surface area contributed by atoms with Crippen molar-refractivity contribution in [3.63, 3.8) is 0 Å². The fourth-order valence-electron chi connectivity index (χ4n) is 3.89. The summed E-state index contributed by atoms with van der Waals surface area (Å²) in [5.74, 6) is 1.55. The van der Waals surface area contributed by atoms with Gasteiger partial charge in [0.05, 0.1) is 11.7 Å². The summed E-state index contributed by atoms with van der Waals surface area (Å²) in [4.78, 5) is 0. The molecule has 0 amide bonds. The van der Waals surface area contributed by atoms with Gasteiger partial charge in [-0.05, 0) is 50.9 Å². The molecule has 1 N–H and O–H groups in total. The van der Waals surface area contributed by atoms with E-state index in [0.29, 0.717) is 0 Å². The van der Waals surface area contributed by atoms with E-state index < -0.39 is 0 Å². The SMILES string of the molecule is CCOC1(C(O)CC2CCCC2)CCC(C)CC1. The van der Waals surface area contributed by atoms with Crippen molar-refractivity contribution in [2.45, 2.75) is 83.3 Å². The Morgan fingerprint density at radius 2 is 1.78 bits per heavy atom. The second-order valence-corrected chi connectivity index (χ2v) is 6.58. The molecule has 2 aliphatic rings. The molecule has 2 heteroatoms. The van der Waals surface area contributed by atoms with Crippen LogP contribution in [0.4, 0.5) is 0 Å². The van der Waals surface area contributed by atoms with Crippen molar-refractivity contribution in [2.24, 2.45) is 11.8 Å². The molecular formula is C16H30O2. The molecule has 1 atom stereocenters. The topological polar surface area (TPSA) is 29.5 Å². The molecule has 2 aliphatic carbocycles. The van der Waals surface area contributed by atoms with Crippen molar-refractivity contribution in [3.8, 4) is 0 Å². The first-order chi connectivity index (χ1) is 8.66. The molecule has 106 valence electrons. The zero-order valence-electron chi connectivity index (χ0n) is 12.2. The molecule has 1 unspecified atom stereocenters. The summed E-state index contributed by atoms with van der Waals surface area (Å²) in [5.41, 5.74) is -0.218. The average Bonchev–Trinajstić information content (AvgIpc) is 2.85. The van der Waals surface area contributed by atoms with Crippen molar-refractivity contribution in [1.29, 1.82) is 0 Å². The molecule has 2 fully saturated rings. The third-order valence-electron chi connectivity index (χ3n) is 5.19. The zero-order valence-corrected chi connectivity index (χ0v) is 12.2. The van der Waals surface area contributed by atoms with Gasteiger partial charge in [-0.25, -0.2) is 0 Å². The lowest BCUT2D eigenvalue weighted by molar-refractivity contribution is -0.149. The third kappa shape index (κ3) is 3.27. The van der Waals surface area contributed by atoms with Gasteiger partial charge in [0.1, 0.15) is 0 Å². The van der Waals surface area contributed by atoms with E-state index in [4.69, 9.17) is 4.74 Å². The van der Waals surface area contributed by atoms with Gasteiger partial charge in [0, 0.05) is 6.61 Å². The predicted molar refractivity (Wildman–Crippen MR) is 74.6 cm³/mol. The quantitative estimate of drug-likeness (QED) is 0.806. The average molecular weight is 254 g/mol. The standard InChI is InChI=1S/C16H30O2/c1-3-18-16(10-8-13(2)9-11-16)15(17)12-14-6-4-5-7-14/h13-15,17H,3-12H2,1-2H3. The lowest BCUT2D eigenvalue weighted by Crippen LogP contribution is -2.48. The van der Waals surface area contributed by atoms with Crippen molar-refractivity contribution in [2.75, 3.05) is 6.61 Å². The molecule has 0 aromatic heterocycles. The van der Waals surface area contributed by atoms with Crippen molar-refractivity contribution >= 4 is 0 Å². The molecule has 0 saturated heterocycles. The molecule has 18 heavy (non-hydrogen) atoms. The minimum atomic E-state index is -0.243. The fraction of sp³-hybridized carbons (Fsp3) is 1.00. The summed E-state index contributed by atoms with van der Waals surface area (Å²) in [6.07, 6.45) is 10.6. The third-order valence-corrected chi connectivity index (χ3v) is 5.19. The number of rotatable bonds is 5. The first-order valence-electron chi connectivity index (χ1n) is 7.98. The summed E-state index contributed by atoms with van der Waals surface area (Å²) in [6.45, 7) is 5.11. The monoisotopic (exact) mass is 254 g/mol. The van der Waals surface area contributed by atoms with Crippen LogP contribution in [0.2, 0.25) is 0 Å². The Hall–Kier alpha value is -0.0800. The molecule has 0 aromatic carbocycles. The van der Waals surface area contributed by atoms with Gasteiger partial charge in [-0.15, -0.1) is 0 Å². The van der Waals surface area contributed by atoms with Crippen LogP contribution in [0.3, 0.4) is 0 Å². The fourth-order valence-corrected chi connectivity index (χ4v) is 3.89. The molecule has 0 spiro atoms. The van der Waals surface area contributed by atoms with Gasteiger partial charge in [0.2, 0.25) is 0 Å². The molecule has 0 bridgehead atoms. The van der Waals surface area contributed by atoms with Crippen LogP contribution in [0.1, 0.15) is 71.6 Å². The van der Waals surface area contributed by atoms with Crippen molar-refractivity contribution in [3.05, 3.63) is 0 Å². The zero-order chi connectivity index (χ0) is 13.0. The van der Waals surface area contributed by atoms with Crippen LogP contribution in [-0.4, -0.2) is 23.4 Å². The van der Waals surface area contributed by atoms with Crippen LogP contribution >= 0.6 is 0 Å². The molecule has 2 nitrogen and oxygen atoms in total. The highest BCUT2D eigenvalue weighted by molar-refractivity contribution is 4.94. The van der Waals surface area contributed by atoms with Gasteiger partial charge >= 0.3 is 0 Å². The van der Waals surface area contributed by atoms with Gasteiger partial charge in [-0.3, -0.25) is 0 Å². The summed E-state index contributed by atoms with van der Waals surface area (Å²) in [7, 11) is 0. The molecule has 2 rings (SSSR count). The van der Waals surface area contributed by atoms with Crippen LogP contribution in [0.5, 0.6) is 0 Å². The molecule has 0 aromatic rings. The molecule has 0 heterocycles. The largest absolute Gasteiger partial charge is 0.390 e. The number of hydrogen-bond acceptors (Lipinski definition) is 2. The molecule has 0 aliphatic heterocycles. The van der Waals surface area contributed by atoms with Gasteiger partial charge in [0.15, 0.2) is 0 Å². The Labute approximate surface area is 112 Å². The lowest BCUT2D eigenvalue weighted by atomic mass is 9.74. The minimum absolute atomic E-state index is 0.218. The minimum Gasteiger partial charge on any atom is -0.390 e. The number of aliphatic hydroxyl groups is 1. The van der Waals surface area contributed by atoms with Crippen LogP contribution in [0.15, 0.2) is 0 Å². The Morgan fingerprint density at radius 3 is 2.33 bits per heavy atom. The molecule has 2 saturated carbocycles. The Balaban J connectivity index is 1.94. The number of aliphatic hydroxyl groups excluding tert-OH is 1. The van der Waals surface area contributed by atoms with Gasteiger partial charge in [-0.1, -0.05) is 32.6 Å². The van der Waals surface area contributed by atoms with Gasteiger partial charge in [-0.2, -0.15) is 0 Å². The maximum absolute atomic E-state index is 10.7. The highest BCUT2D eigenvalue weighted by Gasteiger charge is 2.42. The van der Waals surface area contributed by atoms with Crippen LogP contribution in [-0.2, 0) is 4.74 Å². The maximum Gasteiger partial charge on any atom is 0.0940 e. The van der Waals surface area contributed by atoms with Crippen molar-refractivity contribution in [1.82, 2.24) is 0 Å². The van der Waals surface area contributed by atoms with E-state index in [0.717, 1.165) is 37.7 Å². The van der Waals surface area contributed by atoms with Crippen LogP contribution in [0, 0.1) is 11.8 Å². The lowest BCUT2D eigenvalue weighted by Gasteiger charge is -2.43.